The second-order valence-electron chi connectivity index (χ2n) is 4.73. The molecule has 1 amide bonds. The molecular formula is C13H14N4O3S. The minimum atomic E-state index is -0.122. The Kier molecular flexibility index (Phi) is 3.46. The summed E-state index contributed by atoms with van der Waals surface area (Å²) in [6.45, 7) is 2.63. The number of hydrogen-bond donors (Lipinski definition) is 1. The summed E-state index contributed by atoms with van der Waals surface area (Å²) < 4.78 is 5.06. The molecule has 2 aromatic heterocycles. The van der Waals surface area contributed by atoms with Gasteiger partial charge in [0.2, 0.25) is 0 Å². The van der Waals surface area contributed by atoms with E-state index in [0.29, 0.717) is 46.5 Å². The van der Waals surface area contributed by atoms with Crippen molar-refractivity contribution in [3.63, 3.8) is 0 Å². The molecule has 1 aliphatic rings. The number of thiazole rings is 1. The molecule has 0 fully saturated rings. The normalized spacial score (nSPS) is 13.9. The average Bonchev–Trinajstić information content (AvgIpc) is 2.87. The quantitative estimate of drug-likeness (QED) is 0.884. The number of rotatable bonds is 2. The van der Waals surface area contributed by atoms with Gasteiger partial charge in [-0.3, -0.25) is 9.59 Å². The zero-order chi connectivity index (χ0) is 15.0. The van der Waals surface area contributed by atoms with Gasteiger partial charge in [0, 0.05) is 12.1 Å². The second kappa shape index (κ2) is 5.28. The number of nitrogens with zero attached hydrogens (tertiary/aromatic N) is 3. The van der Waals surface area contributed by atoms with Crippen molar-refractivity contribution in [2.24, 2.45) is 0 Å². The fraction of sp³-hybridized carbons (Fsp3) is 0.385. The number of carbonyl (C=O) groups excluding carboxylic acids is 1. The highest BCUT2D eigenvalue weighted by Crippen LogP contribution is 2.27. The first-order valence-corrected chi connectivity index (χ1v) is 7.28. The van der Waals surface area contributed by atoms with Crippen LogP contribution in [0.4, 0.5) is 0 Å². The van der Waals surface area contributed by atoms with Crippen molar-refractivity contribution in [2.75, 3.05) is 13.7 Å². The summed E-state index contributed by atoms with van der Waals surface area (Å²) in [5.41, 5.74) is 1.86. The van der Waals surface area contributed by atoms with E-state index in [0.717, 1.165) is 0 Å². The molecule has 1 N–H and O–H groups in total. The largest absolute Gasteiger partial charge is 0.473 e. The van der Waals surface area contributed by atoms with E-state index in [9.17, 15) is 9.59 Å². The van der Waals surface area contributed by atoms with Crippen molar-refractivity contribution < 1.29 is 9.53 Å². The third kappa shape index (κ3) is 2.42. The van der Waals surface area contributed by atoms with Crippen molar-refractivity contribution >= 4 is 17.2 Å². The summed E-state index contributed by atoms with van der Waals surface area (Å²) in [5.74, 6) is -0.0963. The molecule has 0 bridgehead atoms. The Balaban J connectivity index is 1.87. The van der Waals surface area contributed by atoms with E-state index in [2.05, 4.69) is 15.0 Å². The molecule has 0 atom stereocenters. The Morgan fingerprint density at radius 2 is 2.33 bits per heavy atom. The fourth-order valence-electron chi connectivity index (χ4n) is 2.34. The molecule has 21 heavy (non-hydrogen) atoms. The topological polar surface area (TPSA) is 88.2 Å². The molecule has 0 radical (unpaired) electrons. The molecule has 8 heteroatoms. The predicted octanol–water partition coefficient (Wildman–Crippen LogP) is 0.742. The number of fused-ring (bicyclic) bond motifs is 1. The van der Waals surface area contributed by atoms with Gasteiger partial charge in [-0.05, 0) is 13.3 Å². The van der Waals surface area contributed by atoms with Crippen LogP contribution in [0.25, 0.3) is 0 Å². The molecule has 0 saturated heterocycles. The van der Waals surface area contributed by atoms with Gasteiger partial charge in [0.25, 0.3) is 16.7 Å². The number of hydrogen-bond acceptors (Lipinski definition) is 6. The molecule has 1 aliphatic heterocycles. The van der Waals surface area contributed by atoms with E-state index >= 15 is 0 Å². The lowest BCUT2D eigenvalue weighted by molar-refractivity contribution is 0.0735. The highest BCUT2D eigenvalue weighted by atomic mass is 32.1. The highest BCUT2D eigenvalue weighted by molar-refractivity contribution is 7.15. The maximum absolute atomic E-state index is 12.6. The highest BCUT2D eigenvalue weighted by Gasteiger charge is 2.27. The SMILES string of the molecule is COc1nc(C)c(C(=O)N2CCc3c(nc[nH]c3=O)C2)s1. The first kappa shape index (κ1) is 13.7. The van der Waals surface area contributed by atoms with Crippen molar-refractivity contribution in [3.8, 4) is 5.19 Å². The van der Waals surface area contributed by atoms with Gasteiger partial charge < -0.3 is 14.6 Å². The molecule has 3 rings (SSSR count). The molecule has 3 heterocycles. The van der Waals surface area contributed by atoms with Gasteiger partial charge in [0.1, 0.15) is 4.88 Å². The van der Waals surface area contributed by atoms with E-state index in [1.165, 1.54) is 24.8 Å². The van der Waals surface area contributed by atoms with Crippen molar-refractivity contribution in [1.82, 2.24) is 19.9 Å². The van der Waals surface area contributed by atoms with Crippen LogP contribution in [0.3, 0.4) is 0 Å². The average molecular weight is 306 g/mol. The summed E-state index contributed by atoms with van der Waals surface area (Å²) >= 11 is 1.23. The summed E-state index contributed by atoms with van der Waals surface area (Å²) in [6.07, 6.45) is 1.88. The van der Waals surface area contributed by atoms with Crippen LogP contribution < -0.4 is 10.3 Å². The first-order chi connectivity index (χ1) is 10.1. The number of ether oxygens (including phenoxy) is 1. The van der Waals surface area contributed by atoms with Crippen LogP contribution in [0.15, 0.2) is 11.1 Å². The summed E-state index contributed by atoms with van der Waals surface area (Å²) in [7, 11) is 1.53. The third-order valence-corrected chi connectivity index (χ3v) is 4.55. The van der Waals surface area contributed by atoms with Crippen LogP contribution in [-0.2, 0) is 13.0 Å². The van der Waals surface area contributed by atoms with Crippen LogP contribution in [0, 0.1) is 6.92 Å². The number of aromatic amines is 1. The summed E-state index contributed by atoms with van der Waals surface area (Å²) in [6, 6.07) is 0. The lowest BCUT2D eigenvalue weighted by atomic mass is 10.1. The fourth-order valence-corrected chi connectivity index (χ4v) is 3.19. The van der Waals surface area contributed by atoms with Gasteiger partial charge in [0.05, 0.1) is 31.4 Å². The van der Waals surface area contributed by atoms with Gasteiger partial charge in [0.15, 0.2) is 0 Å². The molecule has 0 saturated carbocycles. The Bertz CT molecular complexity index is 752. The van der Waals surface area contributed by atoms with E-state index in [4.69, 9.17) is 4.74 Å². The van der Waals surface area contributed by atoms with E-state index in [1.54, 1.807) is 11.8 Å². The minimum Gasteiger partial charge on any atom is -0.473 e. The van der Waals surface area contributed by atoms with Crippen LogP contribution in [0.5, 0.6) is 5.19 Å². The molecular weight excluding hydrogens is 292 g/mol. The van der Waals surface area contributed by atoms with Gasteiger partial charge in [-0.1, -0.05) is 11.3 Å². The van der Waals surface area contributed by atoms with Crippen LogP contribution in [-0.4, -0.2) is 39.4 Å². The molecule has 110 valence electrons. The Morgan fingerprint density at radius 3 is 3.05 bits per heavy atom. The monoisotopic (exact) mass is 306 g/mol. The van der Waals surface area contributed by atoms with Crippen LogP contribution in [0.2, 0.25) is 0 Å². The second-order valence-corrected chi connectivity index (χ2v) is 5.69. The van der Waals surface area contributed by atoms with E-state index in [1.807, 2.05) is 0 Å². The smallest absolute Gasteiger partial charge is 0.273 e. The van der Waals surface area contributed by atoms with Crippen molar-refractivity contribution in [2.45, 2.75) is 19.9 Å². The minimum absolute atomic E-state index is 0.0963. The number of methoxy groups -OCH3 is 1. The van der Waals surface area contributed by atoms with Gasteiger partial charge >= 0.3 is 0 Å². The number of nitrogens with one attached hydrogen (secondary N) is 1. The van der Waals surface area contributed by atoms with Crippen molar-refractivity contribution in [1.29, 1.82) is 0 Å². The Labute approximate surface area is 124 Å². The van der Waals surface area contributed by atoms with E-state index < -0.39 is 0 Å². The zero-order valence-electron chi connectivity index (χ0n) is 11.7. The third-order valence-electron chi connectivity index (χ3n) is 3.44. The van der Waals surface area contributed by atoms with E-state index in [-0.39, 0.29) is 11.5 Å². The maximum Gasteiger partial charge on any atom is 0.273 e. The van der Waals surface area contributed by atoms with Crippen LogP contribution in [0.1, 0.15) is 26.6 Å². The van der Waals surface area contributed by atoms with Crippen molar-refractivity contribution in [3.05, 3.63) is 38.5 Å². The lowest BCUT2D eigenvalue weighted by Crippen LogP contribution is -2.38. The Morgan fingerprint density at radius 1 is 1.52 bits per heavy atom. The summed E-state index contributed by atoms with van der Waals surface area (Å²) in [5, 5.41) is 0.475. The van der Waals surface area contributed by atoms with Gasteiger partial charge in [-0.2, -0.15) is 0 Å². The number of H-pyrrole nitrogens is 1. The number of aromatic nitrogens is 3. The maximum atomic E-state index is 12.6. The van der Waals surface area contributed by atoms with Gasteiger partial charge in [-0.15, -0.1) is 0 Å². The number of carbonyl (C=O) groups is 1. The standard InChI is InChI=1S/C13H14N4O3S/c1-7-10(21-13(16-7)20-2)12(19)17-4-3-8-9(5-17)14-6-15-11(8)18/h6H,3-5H2,1-2H3,(H,14,15,18). The molecule has 0 aliphatic carbocycles. The molecule has 0 unspecified atom stereocenters. The molecule has 0 spiro atoms. The molecule has 0 aromatic carbocycles. The molecule has 7 nitrogen and oxygen atoms in total. The summed E-state index contributed by atoms with van der Waals surface area (Å²) in [4.78, 5) is 37.4. The Hall–Kier alpha value is -2.22. The number of aryl methyl sites for hydroxylation is 1. The zero-order valence-corrected chi connectivity index (χ0v) is 12.5. The number of amides is 1. The van der Waals surface area contributed by atoms with Crippen LogP contribution >= 0.6 is 11.3 Å². The van der Waals surface area contributed by atoms with Gasteiger partial charge in [-0.25, -0.2) is 9.97 Å². The lowest BCUT2D eigenvalue weighted by Gasteiger charge is -2.27. The predicted molar refractivity (Wildman–Crippen MR) is 76.7 cm³/mol. The molecule has 2 aromatic rings. The first-order valence-electron chi connectivity index (χ1n) is 6.46.